The summed E-state index contributed by atoms with van der Waals surface area (Å²) in [5.74, 6) is 0.709. The quantitative estimate of drug-likeness (QED) is 0.561. The summed E-state index contributed by atoms with van der Waals surface area (Å²) in [6.45, 7) is 1.75. The number of aliphatic imine (C=N–C) groups is 1. The second-order valence-corrected chi connectivity index (χ2v) is 8.02. The first-order valence-electron chi connectivity index (χ1n) is 8.35. The summed E-state index contributed by atoms with van der Waals surface area (Å²) in [5.41, 5.74) is -5.23. The van der Waals surface area contributed by atoms with Crippen molar-refractivity contribution in [1.82, 2.24) is 19.5 Å². The SMILES string of the molecule is CN=C(NCCn1cccc1)NCC1CCN(S(=O)(=O)C(F)(F)F)CC1. The topological polar surface area (TPSA) is 78.7 Å². The summed E-state index contributed by atoms with van der Waals surface area (Å²) >= 11 is 0. The van der Waals surface area contributed by atoms with Crippen LogP contribution in [0.5, 0.6) is 0 Å². The number of nitrogens with zero attached hydrogens (tertiary/aromatic N) is 3. The van der Waals surface area contributed by atoms with E-state index in [0.717, 1.165) is 6.54 Å². The van der Waals surface area contributed by atoms with Crippen LogP contribution in [-0.4, -0.2) is 62.0 Å². The van der Waals surface area contributed by atoms with Gasteiger partial charge in [0.2, 0.25) is 0 Å². The molecule has 0 spiro atoms. The Morgan fingerprint density at radius 2 is 1.81 bits per heavy atom. The Morgan fingerprint density at radius 1 is 1.19 bits per heavy atom. The minimum absolute atomic E-state index is 0.0951. The fraction of sp³-hybridized carbons (Fsp3) is 0.667. The largest absolute Gasteiger partial charge is 0.511 e. The molecule has 1 aromatic rings. The van der Waals surface area contributed by atoms with Crippen LogP contribution in [0, 0.1) is 5.92 Å². The Kier molecular flexibility index (Phi) is 6.93. The highest BCUT2D eigenvalue weighted by Gasteiger charge is 2.50. The van der Waals surface area contributed by atoms with Crippen molar-refractivity contribution in [3.05, 3.63) is 24.5 Å². The predicted molar refractivity (Wildman–Crippen MR) is 93.1 cm³/mol. The zero-order chi connectivity index (χ0) is 19.2. The molecule has 0 saturated carbocycles. The van der Waals surface area contributed by atoms with Gasteiger partial charge in [0.05, 0.1) is 0 Å². The lowest BCUT2D eigenvalue weighted by molar-refractivity contribution is -0.0496. The van der Waals surface area contributed by atoms with Crippen LogP contribution in [0.25, 0.3) is 0 Å². The predicted octanol–water partition coefficient (Wildman–Crippen LogP) is 1.21. The molecule has 148 valence electrons. The van der Waals surface area contributed by atoms with Crippen LogP contribution in [0.2, 0.25) is 0 Å². The van der Waals surface area contributed by atoms with Crippen LogP contribution >= 0.6 is 0 Å². The minimum atomic E-state index is -5.23. The van der Waals surface area contributed by atoms with E-state index in [1.54, 1.807) is 7.05 Å². The van der Waals surface area contributed by atoms with Gasteiger partial charge < -0.3 is 15.2 Å². The fourth-order valence-corrected chi connectivity index (χ4v) is 3.77. The van der Waals surface area contributed by atoms with Crippen LogP contribution in [0.4, 0.5) is 13.2 Å². The third-order valence-electron chi connectivity index (χ3n) is 4.32. The van der Waals surface area contributed by atoms with E-state index in [1.165, 1.54) is 0 Å². The van der Waals surface area contributed by atoms with Crippen molar-refractivity contribution in [1.29, 1.82) is 0 Å². The molecule has 0 atom stereocenters. The number of halogens is 3. The molecular weight excluding hydrogens is 371 g/mol. The number of hydrogen-bond acceptors (Lipinski definition) is 3. The number of piperidine rings is 1. The Labute approximate surface area is 151 Å². The number of hydrogen-bond donors (Lipinski definition) is 2. The van der Waals surface area contributed by atoms with Gasteiger partial charge in [-0.05, 0) is 30.9 Å². The van der Waals surface area contributed by atoms with E-state index >= 15 is 0 Å². The molecule has 26 heavy (non-hydrogen) atoms. The summed E-state index contributed by atoms with van der Waals surface area (Å²) in [6.07, 6.45) is 4.67. The van der Waals surface area contributed by atoms with Gasteiger partial charge in [-0.3, -0.25) is 4.99 Å². The van der Waals surface area contributed by atoms with Gasteiger partial charge >= 0.3 is 15.5 Å². The molecule has 0 radical (unpaired) electrons. The monoisotopic (exact) mass is 395 g/mol. The van der Waals surface area contributed by atoms with E-state index in [9.17, 15) is 21.6 Å². The molecule has 11 heteroatoms. The average Bonchev–Trinajstić information content (AvgIpc) is 3.10. The summed E-state index contributed by atoms with van der Waals surface area (Å²) in [6, 6.07) is 3.89. The summed E-state index contributed by atoms with van der Waals surface area (Å²) in [5, 5.41) is 6.31. The molecule has 1 aliphatic rings. The smallest absolute Gasteiger partial charge is 0.356 e. The Morgan fingerprint density at radius 3 is 2.35 bits per heavy atom. The second-order valence-electron chi connectivity index (χ2n) is 6.09. The van der Waals surface area contributed by atoms with Crippen molar-refractivity contribution in [3.63, 3.8) is 0 Å². The third-order valence-corrected chi connectivity index (χ3v) is 5.95. The van der Waals surface area contributed by atoms with E-state index in [2.05, 4.69) is 15.6 Å². The average molecular weight is 395 g/mol. The Balaban J connectivity index is 1.71. The summed E-state index contributed by atoms with van der Waals surface area (Å²) in [7, 11) is -3.58. The number of nitrogens with one attached hydrogen (secondary N) is 2. The molecular formula is C15H24F3N5O2S. The highest BCUT2D eigenvalue weighted by atomic mass is 32.2. The molecule has 0 aromatic carbocycles. The van der Waals surface area contributed by atoms with Gasteiger partial charge in [-0.2, -0.15) is 17.5 Å². The van der Waals surface area contributed by atoms with Crippen LogP contribution < -0.4 is 10.6 Å². The summed E-state index contributed by atoms with van der Waals surface area (Å²) in [4.78, 5) is 4.11. The van der Waals surface area contributed by atoms with Crippen molar-refractivity contribution < 1.29 is 21.6 Å². The van der Waals surface area contributed by atoms with Gasteiger partial charge in [-0.15, -0.1) is 0 Å². The maximum Gasteiger partial charge on any atom is 0.511 e. The lowest BCUT2D eigenvalue weighted by atomic mass is 9.98. The van der Waals surface area contributed by atoms with Gasteiger partial charge in [-0.25, -0.2) is 8.42 Å². The highest BCUT2D eigenvalue weighted by molar-refractivity contribution is 7.90. The van der Waals surface area contributed by atoms with Crippen LogP contribution in [0.15, 0.2) is 29.5 Å². The molecule has 7 nitrogen and oxygen atoms in total. The van der Waals surface area contributed by atoms with E-state index in [1.807, 2.05) is 29.1 Å². The van der Waals surface area contributed by atoms with Crippen molar-refractivity contribution in [2.24, 2.45) is 10.9 Å². The number of sulfonamides is 1. The molecule has 0 aliphatic carbocycles. The van der Waals surface area contributed by atoms with Gasteiger partial charge in [0.1, 0.15) is 0 Å². The molecule has 0 bridgehead atoms. The van der Waals surface area contributed by atoms with Crippen LogP contribution in [-0.2, 0) is 16.6 Å². The molecule has 0 amide bonds. The molecule has 1 fully saturated rings. The highest BCUT2D eigenvalue weighted by Crippen LogP contribution is 2.30. The van der Waals surface area contributed by atoms with Crippen molar-refractivity contribution >= 4 is 16.0 Å². The van der Waals surface area contributed by atoms with Crippen LogP contribution in [0.3, 0.4) is 0 Å². The first-order valence-corrected chi connectivity index (χ1v) is 9.79. The zero-order valence-electron chi connectivity index (χ0n) is 14.5. The lowest BCUT2D eigenvalue weighted by Crippen LogP contribution is -2.47. The Hall–Kier alpha value is -1.75. The van der Waals surface area contributed by atoms with Crippen LogP contribution in [0.1, 0.15) is 12.8 Å². The number of guanidine groups is 1. The van der Waals surface area contributed by atoms with Crippen molar-refractivity contribution in [2.45, 2.75) is 24.9 Å². The molecule has 2 N–H and O–H groups in total. The molecule has 1 aliphatic heterocycles. The van der Waals surface area contributed by atoms with E-state index in [-0.39, 0.29) is 19.0 Å². The Bertz CT molecular complexity index is 681. The minimum Gasteiger partial charge on any atom is -0.356 e. The first kappa shape index (κ1) is 20.6. The normalized spacial score (nSPS) is 18.1. The maximum absolute atomic E-state index is 12.6. The molecule has 0 unspecified atom stereocenters. The lowest BCUT2D eigenvalue weighted by Gasteiger charge is -2.31. The number of aromatic nitrogens is 1. The summed E-state index contributed by atoms with van der Waals surface area (Å²) < 4.78 is 63.0. The molecule has 1 saturated heterocycles. The van der Waals surface area contributed by atoms with E-state index in [4.69, 9.17) is 0 Å². The molecule has 2 heterocycles. The van der Waals surface area contributed by atoms with Gasteiger partial charge in [-0.1, -0.05) is 0 Å². The standard InChI is InChI=1S/C15H24F3N5O2S/c1-19-14(20-6-11-22-7-2-3-8-22)21-12-13-4-9-23(10-5-13)26(24,25)15(16,17)18/h2-3,7-8,13H,4-6,9-12H2,1H3,(H2,19,20,21). The third kappa shape index (κ3) is 5.37. The molecule has 1 aromatic heterocycles. The fourth-order valence-electron chi connectivity index (χ4n) is 2.78. The van der Waals surface area contributed by atoms with E-state index < -0.39 is 15.5 Å². The first-order chi connectivity index (χ1) is 12.2. The number of rotatable bonds is 6. The van der Waals surface area contributed by atoms with Crippen molar-refractivity contribution in [3.8, 4) is 0 Å². The number of alkyl halides is 3. The molecule has 2 rings (SSSR count). The van der Waals surface area contributed by atoms with Crippen molar-refractivity contribution in [2.75, 3.05) is 33.2 Å². The second kappa shape index (κ2) is 8.76. The van der Waals surface area contributed by atoms with Gasteiger partial charge in [0, 0.05) is 52.2 Å². The van der Waals surface area contributed by atoms with E-state index in [0.29, 0.717) is 36.2 Å². The zero-order valence-corrected chi connectivity index (χ0v) is 15.4. The van der Waals surface area contributed by atoms with Gasteiger partial charge in [0.25, 0.3) is 0 Å². The maximum atomic E-state index is 12.6. The van der Waals surface area contributed by atoms with Gasteiger partial charge in [0.15, 0.2) is 5.96 Å².